The maximum atomic E-state index is 13.4. The number of hydrogen-bond acceptors (Lipinski definition) is 7. The van der Waals surface area contributed by atoms with E-state index in [0.29, 0.717) is 35.9 Å². The number of rotatable bonds is 4. The van der Waals surface area contributed by atoms with Gasteiger partial charge in [0.05, 0.1) is 28.7 Å². The summed E-state index contributed by atoms with van der Waals surface area (Å²) in [5, 5.41) is 3.81. The average molecular weight is 482 g/mol. The van der Waals surface area contributed by atoms with E-state index < -0.39 is 0 Å². The first-order valence-electron chi connectivity index (χ1n) is 12.1. The van der Waals surface area contributed by atoms with Gasteiger partial charge in [0.1, 0.15) is 19.0 Å². The molecule has 1 amide bonds. The Bertz CT molecular complexity index is 1410. The fraction of sp³-hybridized carbons (Fsp3) is 0.250. The number of pyridine rings is 2. The topological polar surface area (TPSA) is 79.8 Å². The standard InChI is InChI=1S/C28H27N5O3/c1-32-10-12-33(13-11-32)27-9-7-20(18-29-27)30-28(34)22-17-24(31-23-5-3-2-4-21(22)23)19-6-8-25-26(16-19)36-15-14-35-25/h2-9,16-18H,10-15H2,1H3,(H,30,34). The SMILES string of the molecule is CN1CCN(c2ccc(NC(=O)c3cc(-c4ccc5c(c4)OCCO5)nc4ccccc34)cn2)CC1. The number of ether oxygens (including phenoxy) is 2. The highest BCUT2D eigenvalue weighted by atomic mass is 16.6. The minimum Gasteiger partial charge on any atom is -0.486 e. The fourth-order valence-corrected chi connectivity index (χ4v) is 4.59. The van der Waals surface area contributed by atoms with Crippen molar-refractivity contribution < 1.29 is 14.3 Å². The average Bonchev–Trinajstić information content (AvgIpc) is 2.93. The zero-order valence-corrected chi connectivity index (χ0v) is 20.1. The summed E-state index contributed by atoms with van der Waals surface area (Å²) < 4.78 is 11.4. The van der Waals surface area contributed by atoms with Crippen molar-refractivity contribution in [2.45, 2.75) is 0 Å². The smallest absolute Gasteiger partial charge is 0.256 e. The highest BCUT2D eigenvalue weighted by Gasteiger charge is 2.18. The van der Waals surface area contributed by atoms with Gasteiger partial charge in [-0.05, 0) is 49.5 Å². The van der Waals surface area contributed by atoms with Gasteiger partial charge in [-0.2, -0.15) is 0 Å². The number of likely N-dealkylation sites (N-methyl/N-ethyl adjacent to an activating group) is 1. The molecule has 1 N–H and O–H groups in total. The molecule has 0 saturated carbocycles. The van der Waals surface area contributed by atoms with E-state index >= 15 is 0 Å². The Morgan fingerprint density at radius 1 is 0.917 bits per heavy atom. The third-order valence-electron chi connectivity index (χ3n) is 6.63. The fourth-order valence-electron chi connectivity index (χ4n) is 4.59. The van der Waals surface area contributed by atoms with Gasteiger partial charge >= 0.3 is 0 Å². The molecule has 182 valence electrons. The predicted molar refractivity (Wildman–Crippen MR) is 140 cm³/mol. The van der Waals surface area contributed by atoms with Crippen LogP contribution in [0.3, 0.4) is 0 Å². The van der Waals surface area contributed by atoms with Crippen LogP contribution in [-0.4, -0.2) is 67.2 Å². The van der Waals surface area contributed by atoms with Crippen molar-refractivity contribution in [3.05, 3.63) is 72.4 Å². The van der Waals surface area contributed by atoms with Crippen LogP contribution in [-0.2, 0) is 0 Å². The summed E-state index contributed by atoms with van der Waals surface area (Å²) in [6.45, 7) is 4.97. The number of amides is 1. The van der Waals surface area contributed by atoms with Crippen LogP contribution < -0.4 is 19.7 Å². The van der Waals surface area contributed by atoms with Crippen LogP contribution in [0.15, 0.2) is 66.9 Å². The maximum Gasteiger partial charge on any atom is 0.256 e. The number of carbonyl (C=O) groups is 1. The molecular weight excluding hydrogens is 454 g/mol. The Morgan fingerprint density at radius 3 is 2.53 bits per heavy atom. The summed E-state index contributed by atoms with van der Waals surface area (Å²) in [5.74, 6) is 2.13. The van der Waals surface area contributed by atoms with Gasteiger partial charge in [-0.25, -0.2) is 9.97 Å². The van der Waals surface area contributed by atoms with Gasteiger partial charge in [0, 0.05) is 37.1 Å². The largest absolute Gasteiger partial charge is 0.486 e. The van der Waals surface area contributed by atoms with E-state index in [9.17, 15) is 4.79 Å². The number of aromatic nitrogens is 2. The Labute approximate surface area is 209 Å². The van der Waals surface area contributed by atoms with Crippen molar-refractivity contribution in [1.29, 1.82) is 0 Å². The van der Waals surface area contributed by atoms with Crippen LogP contribution >= 0.6 is 0 Å². The van der Waals surface area contributed by atoms with Crippen LogP contribution in [0.4, 0.5) is 11.5 Å². The van der Waals surface area contributed by atoms with E-state index in [-0.39, 0.29) is 5.91 Å². The third-order valence-corrected chi connectivity index (χ3v) is 6.63. The number of nitrogens with one attached hydrogen (secondary N) is 1. The van der Waals surface area contributed by atoms with Crippen molar-refractivity contribution in [3.63, 3.8) is 0 Å². The zero-order chi connectivity index (χ0) is 24.5. The normalized spacial score (nSPS) is 15.6. The molecular formula is C28H27N5O3. The van der Waals surface area contributed by atoms with E-state index in [1.807, 2.05) is 60.7 Å². The quantitative estimate of drug-likeness (QED) is 0.471. The summed E-state index contributed by atoms with van der Waals surface area (Å²) in [5.41, 5.74) is 3.50. The molecule has 0 aliphatic carbocycles. The molecule has 6 rings (SSSR count). The summed E-state index contributed by atoms with van der Waals surface area (Å²) in [7, 11) is 2.13. The molecule has 0 bridgehead atoms. The molecule has 4 heterocycles. The number of fused-ring (bicyclic) bond motifs is 2. The van der Waals surface area contributed by atoms with Crippen LogP contribution in [0.2, 0.25) is 0 Å². The molecule has 0 spiro atoms. The Hall–Kier alpha value is -4.17. The van der Waals surface area contributed by atoms with Gasteiger partial charge < -0.3 is 24.6 Å². The van der Waals surface area contributed by atoms with Crippen molar-refractivity contribution >= 4 is 28.3 Å². The highest BCUT2D eigenvalue weighted by Crippen LogP contribution is 2.35. The maximum absolute atomic E-state index is 13.4. The Morgan fingerprint density at radius 2 is 1.72 bits per heavy atom. The molecule has 2 aliphatic rings. The number of para-hydroxylation sites is 1. The first kappa shape index (κ1) is 22.3. The second-order valence-electron chi connectivity index (χ2n) is 9.08. The zero-order valence-electron chi connectivity index (χ0n) is 20.1. The number of benzene rings is 2. The van der Waals surface area contributed by atoms with E-state index in [4.69, 9.17) is 14.5 Å². The monoisotopic (exact) mass is 481 g/mol. The minimum absolute atomic E-state index is 0.207. The first-order chi connectivity index (χ1) is 17.6. The lowest BCUT2D eigenvalue weighted by Crippen LogP contribution is -2.44. The van der Waals surface area contributed by atoms with Crippen LogP contribution in [0, 0.1) is 0 Å². The molecule has 0 radical (unpaired) electrons. The summed E-state index contributed by atoms with van der Waals surface area (Å²) >= 11 is 0. The molecule has 1 saturated heterocycles. The number of carbonyl (C=O) groups excluding carboxylic acids is 1. The molecule has 2 aromatic carbocycles. The molecule has 8 nitrogen and oxygen atoms in total. The summed E-state index contributed by atoms with van der Waals surface area (Å²) in [4.78, 5) is 27.4. The summed E-state index contributed by atoms with van der Waals surface area (Å²) in [6, 6.07) is 19.1. The Kier molecular flexibility index (Phi) is 5.87. The lowest BCUT2D eigenvalue weighted by molar-refractivity contribution is 0.102. The Balaban J connectivity index is 1.28. The molecule has 4 aromatic rings. The third kappa shape index (κ3) is 4.43. The molecule has 1 fully saturated rings. The number of nitrogens with zero attached hydrogens (tertiary/aromatic N) is 4. The van der Waals surface area contributed by atoms with E-state index in [2.05, 4.69) is 27.1 Å². The molecule has 0 atom stereocenters. The van der Waals surface area contributed by atoms with E-state index in [0.717, 1.165) is 54.2 Å². The molecule has 0 unspecified atom stereocenters. The molecule has 2 aliphatic heterocycles. The van der Waals surface area contributed by atoms with Gasteiger partial charge in [-0.1, -0.05) is 18.2 Å². The van der Waals surface area contributed by atoms with Crippen LogP contribution in [0.25, 0.3) is 22.2 Å². The molecule has 36 heavy (non-hydrogen) atoms. The van der Waals surface area contributed by atoms with Crippen LogP contribution in [0.1, 0.15) is 10.4 Å². The van der Waals surface area contributed by atoms with Gasteiger partial charge in [0.2, 0.25) is 0 Å². The van der Waals surface area contributed by atoms with E-state index in [1.165, 1.54) is 0 Å². The minimum atomic E-state index is -0.207. The lowest BCUT2D eigenvalue weighted by atomic mass is 10.0. The summed E-state index contributed by atoms with van der Waals surface area (Å²) in [6.07, 6.45) is 1.72. The van der Waals surface area contributed by atoms with E-state index in [1.54, 1.807) is 6.20 Å². The molecule has 2 aromatic heterocycles. The molecule has 8 heteroatoms. The van der Waals surface area contributed by atoms with Gasteiger partial charge in [-0.3, -0.25) is 4.79 Å². The number of hydrogen-bond donors (Lipinski definition) is 1. The number of piperazine rings is 1. The van der Waals surface area contributed by atoms with Crippen molar-refractivity contribution in [3.8, 4) is 22.8 Å². The van der Waals surface area contributed by atoms with Crippen molar-refractivity contribution in [1.82, 2.24) is 14.9 Å². The van der Waals surface area contributed by atoms with Gasteiger partial charge in [0.15, 0.2) is 11.5 Å². The number of anilines is 2. The van der Waals surface area contributed by atoms with Crippen LogP contribution in [0.5, 0.6) is 11.5 Å². The second-order valence-corrected chi connectivity index (χ2v) is 9.08. The second kappa shape index (κ2) is 9.47. The van der Waals surface area contributed by atoms with Gasteiger partial charge in [0.25, 0.3) is 5.91 Å². The van der Waals surface area contributed by atoms with Crippen molar-refractivity contribution in [2.75, 3.05) is 56.7 Å². The lowest BCUT2D eigenvalue weighted by Gasteiger charge is -2.33. The van der Waals surface area contributed by atoms with Crippen molar-refractivity contribution in [2.24, 2.45) is 0 Å². The first-order valence-corrected chi connectivity index (χ1v) is 12.1. The highest BCUT2D eigenvalue weighted by molar-refractivity contribution is 6.13. The predicted octanol–water partition coefficient (Wildman–Crippen LogP) is 4.07. The van der Waals surface area contributed by atoms with Gasteiger partial charge in [-0.15, -0.1) is 0 Å².